The molecule has 39 heavy (non-hydrogen) atoms. The first-order chi connectivity index (χ1) is 18.6. The average molecular weight is 575 g/mol. The summed E-state index contributed by atoms with van der Waals surface area (Å²) in [5.74, 6) is -1.34. The monoisotopic (exact) mass is 574 g/mol. The lowest BCUT2D eigenvalue weighted by molar-refractivity contribution is -0.148. The number of esters is 1. The van der Waals surface area contributed by atoms with Gasteiger partial charge in [0.2, 0.25) is 0 Å². The Bertz CT molecular complexity index is 1280. The number of aromatic nitrogens is 1. The normalized spacial score (nSPS) is 18.5. The minimum absolute atomic E-state index is 0.0111. The molecule has 12 heteroatoms. The Labute approximate surface area is 237 Å². The SMILES string of the molecule is CCCCn1c(N2CCCC(C(=O)OCC)C2)c(C=C2SC(=S)N(CCCC(=O)O)C2=O)c(C)c(C#N)c1=O. The van der Waals surface area contributed by atoms with Gasteiger partial charge in [-0.1, -0.05) is 37.3 Å². The standard InChI is InChI=1S/C27H34N4O6S2/c1-4-6-12-30-23(29-11-7-9-18(16-29)26(36)37-5-2)19(17(3)20(15-28)24(30)34)14-21-25(35)31(27(38)39-21)13-8-10-22(32)33/h14,18H,4-13,16H2,1-3H3,(H,32,33). The number of pyridine rings is 1. The number of aliphatic carboxylic acids is 1. The Kier molecular flexibility index (Phi) is 10.7. The number of hydrogen-bond donors (Lipinski definition) is 1. The van der Waals surface area contributed by atoms with Gasteiger partial charge in [0.25, 0.3) is 11.5 Å². The van der Waals surface area contributed by atoms with Crippen molar-refractivity contribution in [3.05, 3.63) is 31.9 Å². The van der Waals surface area contributed by atoms with Crippen LogP contribution >= 0.6 is 24.0 Å². The van der Waals surface area contributed by atoms with Gasteiger partial charge in [0, 0.05) is 38.2 Å². The van der Waals surface area contributed by atoms with E-state index in [2.05, 4.69) is 0 Å². The lowest BCUT2D eigenvalue weighted by Gasteiger charge is -2.36. The molecular formula is C27H34N4O6S2. The van der Waals surface area contributed by atoms with Crippen molar-refractivity contribution in [2.45, 2.75) is 65.8 Å². The summed E-state index contributed by atoms with van der Waals surface area (Å²) in [4.78, 5) is 54.0. The molecule has 1 unspecified atom stereocenters. The molecule has 3 rings (SSSR count). The molecule has 0 saturated carbocycles. The first-order valence-electron chi connectivity index (χ1n) is 13.2. The van der Waals surface area contributed by atoms with E-state index in [9.17, 15) is 24.4 Å². The van der Waals surface area contributed by atoms with Gasteiger partial charge in [0.05, 0.1) is 17.4 Å². The Morgan fingerprint density at radius 3 is 2.64 bits per heavy atom. The molecule has 210 valence electrons. The van der Waals surface area contributed by atoms with Crippen molar-refractivity contribution in [2.75, 3.05) is 31.1 Å². The number of rotatable bonds is 11. The predicted molar refractivity (Wildman–Crippen MR) is 153 cm³/mol. The van der Waals surface area contributed by atoms with Crippen LogP contribution in [0.4, 0.5) is 5.82 Å². The van der Waals surface area contributed by atoms with E-state index >= 15 is 0 Å². The number of carboxylic acid groups (broad SMARTS) is 1. The number of anilines is 1. The van der Waals surface area contributed by atoms with E-state index in [4.69, 9.17) is 22.1 Å². The first kappa shape index (κ1) is 30.4. The lowest BCUT2D eigenvalue weighted by atomic mass is 9.96. The maximum absolute atomic E-state index is 13.5. The molecule has 1 amide bonds. The van der Waals surface area contributed by atoms with E-state index in [-0.39, 0.29) is 49.4 Å². The van der Waals surface area contributed by atoms with Crippen LogP contribution in [0.2, 0.25) is 0 Å². The molecule has 3 heterocycles. The second-order valence-electron chi connectivity index (χ2n) is 9.53. The summed E-state index contributed by atoms with van der Waals surface area (Å²) in [6.45, 7) is 7.28. The van der Waals surface area contributed by atoms with Crippen molar-refractivity contribution in [1.82, 2.24) is 9.47 Å². The quantitative estimate of drug-likeness (QED) is 0.237. The Morgan fingerprint density at radius 2 is 2.00 bits per heavy atom. The summed E-state index contributed by atoms with van der Waals surface area (Å²) in [6.07, 6.45) is 4.80. The summed E-state index contributed by atoms with van der Waals surface area (Å²) < 4.78 is 7.20. The van der Waals surface area contributed by atoms with Gasteiger partial charge in [0.15, 0.2) is 0 Å². The van der Waals surface area contributed by atoms with E-state index in [0.29, 0.717) is 58.6 Å². The number of carbonyl (C=O) groups excluding carboxylic acids is 2. The van der Waals surface area contributed by atoms with Crippen molar-refractivity contribution < 1.29 is 24.2 Å². The molecule has 0 aromatic carbocycles. The molecule has 1 aromatic rings. The third-order valence-corrected chi connectivity index (χ3v) is 8.22. The topological polar surface area (TPSA) is 133 Å². The average Bonchev–Trinajstić information content (AvgIpc) is 3.17. The van der Waals surface area contributed by atoms with Gasteiger partial charge in [-0.05, 0) is 51.2 Å². The van der Waals surface area contributed by atoms with E-state index in [1.807, 2.05) is 17.9 Å². The largest absolute Gasteiger partial charge is 0.481 e. The Balaban J connectivity index is 2.13. The van der Waals surface area contributed by atoms with E-state index in [0.717, 1.165) is 24.6 Å². The van der Waals surface area contributed by atoms with Crippen LogP contribution < -0.4 is 10.5 Å². The molecule has 0 aliphatic carbocycles. The van der Waals surface area contributed by atoms with Crippen LogP contribution in [-0.2, 0) is 25.7 Å². The zero-order valence-corrected chi connectivity index (χ0v) is 24.2. The molecule has 1 aromatic heterocycles. The van der Waals surface area contributed by atoms with Crippen molar-refractivity contribution >= 4 is 58.0 Å². The highest BCUT2D eigenvalue weighted by atomic mass is 32.2. The summed E-state index contributed by atoms with van der Waals surface area (Å²) in [6, 6.07) is 2.05. The minimum Gasteiger partial charge on any atom is -0.481 e. The number of carbonyl (C=O) groups is 3. The van der Waals surface area contributed by atoms with Crippen LogP contribution in [0, 0.1) is 24.2 Å². The van der Waals surface area contributed by atoms with Crippen LogP contribution in [0.25, 0.3) is 6.08 Å². The number of nitrogens with zero attached hydrogens (tertiary/aromatic N) is 4. The van der Waals surface area contributed by atoms with Gasteiger partial charge in [-0.2, -0.15) is 5.26 Å². The maximum Gasteiger partial charge on any atom is 0.310 e. The molecule has 0 spiro atoms. The number of hydrogen-bond acceptors (Lipinski definition) is 9. The predicted octanol–water partition coefficient (Wildman–Crippen LogP) is 3.67. The van der Waals surface area contributed by atoms with Gasteiger partial charge in [-0.25, -0.2) is 0 Å². The number of carboxylic acids is 1. The number of thioether (sulfide) groups is 1. The highest BCUT2D eigenvalue weighted by Crippen LogP contribution is 2.37. The number of unbranched alkanes of at least 4 members (excludes halogenated alkanes) is 1. The molecule has 2 fully saturated rings. The number of amides is 1. The van der Waals surface area contributed by atoms with E-state index in [1.165, 1.54) is 4.90 Å². The molecule has 10 nitrogen and oxygen atoms in total. The minimum atomic E-state index is -0.947. The molecule has 1 N–H and O–H groups in total. The summed E-state index contributed by atoms with van der Waals surface area (Å²) in [5, 5.41) is 18.8. The number of thiocarbonyl (C=S) groups is 1. The highest BCUT2D eigenvalue weighted by Gasteiger charge is 2.34. The van der Waals surface area contributed by atoms with E-state index in [1.54, 1.807) is 24.5 Å². The van der Waals surface area contributed by atoms with Gasteiger partial charge in [-0.15, -0.1) is 0 Å². The van der Waals surface area contributed by atoms with Crippen molar-refractivity contribution in [2.24, 2.45) is 5.92 Å². The van der Waals surface area contributed by atoms with Gasteiger partial charge in [-0.3, -0.25) is 28.6 Å². The molecule has 2 aliphatic rings. The lowest BCUT2D eigenvalue weighted by Crippen LogP contribution is -2.43. The van der Waals surface area contributed by atoms with Crippen LogP contribution in [0.5, 0.6) is 0 Å². The summed E-state index contributed by atoms with van der Waals surface area (Å²) >= 11 is 6.52. The number of nitriles is 1. The Morgan fingerprint density at radius 1 is 1.26 bits per heavy atom. The fourth-order valence-corrected chi connectivity index (χ4v) is 6.13. The Hall–Kier alpha value is -3.17. The zero-order chi connectivity index (χ0) is 28.7. The maximum atomic E-state index is 13.5. The van der Waals surface area contributed by atoms with Gasteiger partial charge < -0.3 is 14.7 Å². The highest BCUT2D eigenvalue weighted by molar-refractivity contribution is 8.26. The first-order valence-corrected chi connectivity index (χ1v) is 14.4. The van der Waals surface area contributed by atoms with Crippen LogP contribution in [0.15, 0.2) is 9.70 Å². The molecule has 2 aliphatic heterocycles. The smallest absolute Gasteiger partial charge is 0.310 e. The van der Waals surface area contributed by atoms with Crippen LogP contribution in [-0.4, -0.2) is 63.0 Å². The molecule has 0 bridgehead atoms. The van der Waals surface area contributed by atoms with Crippen molar-refractivity contribution in [3.63, 3.8) is 0 Å². The summed E-state index contributed by atoms with van der Waals surface area (Å²) in [7, 11) is 0. The summed E-state index contributed by atoms with van der Waals surface area (Å²) in [5.41, 5.74) is 0.643. The molecule has 2 saturated heterocycles. The molecule has 0 radical (unpaired) electrons. The van der Waals surface area contributed by atoms with Crippen molar-refractivity contribution in [3.8, 4) is 6.07 Å². The van der Waals surface area contributed by atoms with Gasteiger partial charge in [0.1, 0.15) is 21.8 Å². The third-order valence-electron chi connectivity index (χ3n) is 6.84. The van der Waals surface area contributed by atoms with Gasteiger partial charge >= 0.3 is 11.9 Å². The second-order valence-corrected chi connectivity index (χ2v) is 11.2. The molecular weight excluding hydrogens is 540 g/mol. The van der Waals surface area contributed by atoms with Crippen LogP contribution in [0.1, 0.15) is 69.1 Å². The third kappa shape index (κ3) is 6.89. The fraction of sp³-hybridized carbons (Fsp3) is 0.556. The number of piperidine rings is 1. The number of ether oxygens (including phenoxy) is 1. The zero-order valence-electron chi connectivity index (χ0n) is 22.5. The molecule has 1 atom stereocenters. The van der Waals surface area contributed by atoms with E-state index < -0.39 is 11.5 Å². The van der Waals surface area contributed by atoms with Crippen LogP contribution in [0.3, 0.4) is 0 Å². The fourth-order valence-electron chi connectivity index (χ4n) is 4.84. The van der Waals surface area contributed by atoms with Crippen molar-refractivity contribution in [1.29, 1.82) is 5.26 Å². The second kappa shape index (κ2) is 13.8.